The lowest BCUT2D eigenvalue weighted by Gasteiger charge is -2.30. The van der Waals surface area contributed by atoms with Crippen molar-refractivity contribution >= 4 is 34.9 Å². The molecule has 0 saturated heterocycles. The lowest BCUT2D eigenvalue weighted by Crippen LogP contribution is -2.61. The highest BCUT2D eigenvalue weighted by Gasteiger charge is 2.35. The Morgan fingerprint density at radius 2 is 1.29 bits per heavy atom. The number of hydrogen-bond acceptors (Lipinski definition) is 1. The molecule has 1 heterocycles. The molecule has 0 saturated carbocycles. The Bertz CT molecular complexity index is 371. The van der Waals surface area contributed by atoms with Crippen LogP contribution in [0.15, 0.2) is 6.20 Å². The first-order valence-electron chi connectivity index (χ1n) is 6.44. The third-order valence-electron chi connectivity index (χ3n) is 2.92. The monoisotopic (exact) mass is 284 g/mol. The summed E-state index contributed by atoms with van der Waals surface area (Å²) >= 11 is 0. The fourth-order valence-corrected chi connectivity index (χ4v) is 10.5. The van der Waals surface area contributed by atoms with E-state index in [-0.39, 0.29) is 0 Å². The van der Waals surface area contributed by atoms with Crippen molar-refractivity contribution in [1.29, 1.82) is 0 Å². The minimum atomic E-state index is -1.38. The van der Waals surface area contributed by atoms with Crippen LogP contribution in [0.4, 0.5) is 0 Å². The van der Waals surface area contributed by atoms with Crippen LogP contribution in [0.25, 0.3) is 0 Å². The topological polar surface area (TPSA) is 17.8 Å². The first kappa shape index (κ1) is 14.9. The van der Waals surface area contributed by atoms with Crippen molar-refractivity contribution in [3.8, 4) is 0 Å². The van der Waals surface area contributed by atoms with Crippen LogP contribution in [0.2, 0.25) is 58.9 Å². The van der Waals surface area contributed by atoms with E-state index in [1.54, 1.807) is 10.5 Å². The van der Waals surface area contributed by atoms with Gasteiger partial charge in [-0.1, -0.05) is 39.3 Å². The fourth-order valence-electron chi connectivity index (χ4n) is 2.13. The largest absolute Gasteiger partial charge is 0.303 e. The molecule has 1 aromatic heterocycles. The molecule has 0 atom stereocenters. The molecule has 0 aliphatic heterocycles. The van der Waals surface area contributed by atoms with Gasteiger partial charge in [0.1, 0.15) is 0 Å². The molecule has 0 aliphatic carbocycles. The van der Waals surface area contributed by atoms with E-state index < -0.39 is 24.4 Å². The van der Waals surface area contributed by atoms with Gasteiger partial charge in [0.15, 0.2) is 8.24 Å². The molecular formula is C12H28N2Si3. The van der Waals surface area contributed by atoms with E-state index in [9.17, 15) is 0 Å². The molecule has 5 heteroatoms. The summed E-state index contributed by atoms with van der Waals surface area (Å²) < 4.78 is 2.42. The number of aromatic nitrogens is 2. The van der Waals surface area contributed by atoms with Gasteiger partial charge < -0.3 is 4.35 Å². The van der Waals surface area contributed by atoms with Gasteiger partial charge in [-0.3, -0.25) is 0 Å². The maximum absolute atomic E-state index is 4.77. The van der Waals surface area contributed by atoms with Gasteiger partial charge in [-0.05, 0) is 24.8 Å². The van der Waals surface area contributed by atoms with Crippen LogP contribution in [-0.4, -0.2) is 33.8 Å². The highest BCUT2D eigenvalue weighted by molar-refractivity contribution is 6.99. The van der Waals surface area contributed by atoms with E-state index in [0.29, 0.717) is 0 Å². The van der Waals surface area contributed by atoms with E-state index in [2.05, 4.69) is 69.5 Å². The Balaban J connectivity index is 3.53. The van der Waals surface area contributed by atoms with Crippen LogP contribution in [0, 0.1) is 0 Å². The third kappa shape index (κ3) is 3.20. The molecule has 0 radical (unpaired) electrons. The summed E-state index contributed by atoms with van der Waals surface area (Å²) in [6.07, 6.45) is 2.18. The highest BCUT2D eigenvalue weighted by Crippen LogP contribution is 2.11. The quantitative estimate of drug-likeness (QED) is 0.780. The SMILES string of the molecule is C[Si](C)(C)c1cnn([Si](C)(C)C)c1[Si](C)(C)C. The molecule has 1 aromatic rings. The summed E-state index contributed by atoms with van der Waals surface area (Å²) in [5.74, 6) is 0. The average Bonchev–Trinajstić information content (AvgIpc) is 2.42. The lowest BCUT2D eigenvalue weighted by molar-refractivity contribution is 0.952. The highest BCUT2D eigenvalue weighted by atomic mass is 28.3. The zero-order valence-corrected chi connectivity index (χ0v) is 16.0. The second kappa shape index (κ2) is 4.21. The zero-order chi connectivity index (χ0) is 13.6. The third-order valence-corrected chi connectivity index (χ3v) is 8.89. The zero-order valence-electron chi connectivity index (χ0n) is 13.0. The lowest BCUT2D eigenvalue weighted by atomic mass is 10.7. The van der Waals surface area contributed by atoms with E-state index in [1.807, 2.05) is 0 Å². The van der Waals surface area contributed by atoms with Crippen molar-refractivity contribution in [2.45, 2.75) is 58.9 Å². The summed E-state index contributed by atoms with van der Waals surface area (Å²) in [6, 6.07) is 0. The van der Waals surface area contributed by atoms with Gasteiger partial charge in [0, 0.05) is 11.5 Å². The maximum Gasteiger partial charge on any atom is 0.175 e. The summed E-state index contributed by atoms with van der Waals surface area (Å²) in [4.78, 5) is 0. The van der Waals surface area contributed by atoms with Crippen LogP contribution in [0.5, 0.6) is 0 Å². The van der Waals surface area contributed by atoms with Crippen molar-refractivity contribution < 1.29 is 0 Å². The second-order valence-electron chi connectivity index (χ2n) is 7.99. The van der Waals surface area contributed by atoms with Crippen LogP contribution in [-0.2, 0) is 0 Å². The first-order valence-corrected chi connectivity index (χ1v) is 16.9. The first-order chi connectivity index (χ1) is 7.35. The summed E-state index contributed by atoms with van der Waals surface area (Å²) in [6.45, 7) is 21.8. The standard InChI is InChI=1S/C12H28N2Si3/c1-15(2,3)11-10-13-14(17(7,8)9)12(11)16(4,5)6/h10H,1-9H3. The second-order valence-corrected chi connectivity index (χ2v) is 22.8. The van der Waals surface area contributed by atoms with Crippen molar-refractivity contribution in [3.05, 3.63) is 6.20 Å². The number of nitrogens with zero attached hydrogens (tertiary/aromatic N) is 2. The average molecular weight is 285 g/mol. The van der Waals surface area contributed by atoms with Gasteiger partial charge in [0.05, 0.1) is 16.1 Å². The molecule has 0 amide bonds. The Kier molecular flexibility index (Phi) is 3.69. The fraction of sp³-hybridized carbons (Fsp3) is 0.750. The minimum Gasteiger partial charge on any atom is -0.303 e. The molecular weight excluding hydrogens is 256 g/mol. The van der Waals surface area contributed by atoms with E-state index in [1.165, 1.54) is 0 Å². The van der Waals surface area contributed by atoms with E-state index in [4.69, 9.17) is 5.10 Å². The molecule has 0 N–H and O–H groups in total. The molecule has 0 spiro atoms. The minimum absolute atomic E-state index is 1.27. The van der Waals surface area contributed by atoms with E-state index >= 15 is 0 Å². The predicted molar refractivity (Wildman–Crippen MR) is 86.9 cm³/mol. The molecule has 0 aliphatic rings. The Labute approximate surface area is 110 Å². The van der Waals surface area contributed by atoms with Crippen molar-refractivity contribution in [2.75, 3.05) is 0 Å². The Hall–Kier alpha value is -0.139. The summed E-state index contributed by atoms with van der Waals surface area (Å²) in [5.41, 5.74) is 0. The van der Waals surface area contributed by atoms with Gasteiger partial charge in [0.25, 0.3) is 0 Å². The van der Waals surface area contributed by atoms with Crippen LogP contribution in [0.3, 0.4) is 0 Å². The maximum atomic E-state index is 4.77. The number of hydrogen-bond donors (Lipinski definition) is 0. The van der Waals surface area contributed by atoms with Crippen molar-refractivity contribution in [2.24, 2.45) is 0 Å². The molecule has 1 rings (SSSR count). The van der Waals surface area contributed by atoms with Gasteiger partial charge in [-0.25, -0.2) is 0 Å². The summed E-state index contributed by atoms with van der Waals surface area (Å²) in [7, 11) is -3.98. The Morgan fingerprint density at radius 1 is 0.824 bits per heavy atom. The van der Waals surface area contributed by atoms with Gasteiger partial charge in [-0.2, -0.15) is 5.10 Å². The smallest absolute Gasteiger partial charge is 0.175 e. The number of rotatable bonds is 3. The van der Waals surface area contributed by atoms with Crippen LogP contribution >= 0.6 is 0 Å². The van der Waals surface area contributed by atoms with E-state index in [0.717, 1.165) is 0 Å². The van der Waals surface area contributed by atoms with Gasteiger partial charge in [-0.15, -0.1) is 0 Å². The van der Waals surface area contributed by atoms with Crippen molar-refractivity contribution in [3.63, 3.8) is 0 Å². The van der Waals surface area contributed by atoms with Crippen molar-refractivity contribution in [1.82, 2.24) is 9.45 Å². The molecule has 0 fully saturated rings. The molecule has 98 valence electrons. The normalized spacial score (nSPS) is 14.2. The van der Waals surface area contributed by atoms with Crippen LogP contribution in [0.1, 0.15) is 0 Å². The molecule has 0 aromatic carbocycles. The van der Waals surface area contributed by atoms with Gasteiger partial charge in [0.2, 0.25) is 0 Å². The molecule has 2 nitrogen and oxygen atoms in total. The molecule has 17 heavy (non-hydrogen) atoms. The van der Waals surface area contributed by atoms with Crippen LogP contribution < -0.4 is 10.5 Å². The predicted octanol–water partition coefficient (Wildman–Crippen LogP) is 2.66. The Morgan fingerprint density at radius 3 is 1.59 bits per heavy atom. The summed E-state index contributed by atoms with van der Waals surface area (Å²) in [5, 5.41) is 7.99. The molecule has 0 unspecified atom stereocenters. The molecule has 0 bridgehead atoms. The van der Waals surface area contributed by atoms with Gasteiger partial charge >= 0.3 is 0 Å².